The first-order chi connectivity index (χ1) is 6.15. The average molecular weight is 221 g/mol. The van der Waals surface area contributed by atoms with Crippen molar-refractivity contribution in [2.24, 2.45) is 5.92 Å². The zero-order valence-electron chi connectivity index (χ0n) is 7.36. The van der Waals surface area contributed by atoms with E-state index >= 15 is 0 Å². The molecule has 1 rings (SSSR count). The minimum Gasteiger partial charge on any atom is -0.207 e. The van der Waals surface area contributed by atoms with E-state index in [1.54, 1.807) is 12.1 Å². The monoisotopic (exact) mass is 220 g/mol. The Hall–Kier alpha value is -0.270. The Kier molecular flexibility index (Phi) is 4.01. The number of rotatable bonds is 3. The number of halogens is 3. The molecule has 0 nitrogen and oxygen atoms in total. The van der Waals surface area contributed by atoms with Crippen molar-refractivity contribution >= 4 is 23.2 Å². The second-order valence-electron chi connectivity index (χ2n) is 3.16. The van der Waals surface area contributed by atoms with Crippen LogP contribution in [0.25, 0.3) is 0 Å². The van der Waals surface area contributed by atoms with E-state index in [0.717, 1.165) is 0 Å². The molecule has 0 heterocycles. The van der Waals surface area contributed by atoms with Gasteiger partial charge in [0.2, 0.25) is 0 Å². The Balaban J connectivity index is 2.87. The lowest BCUT2D eigenvalue weighted by Crippen LogP contribution is -2.03. The highest BCUT2D eigenvalue weighted by Crippen LogP contribution is 2.22. The second kappa shape index (κ2) is 4.83. The van der Waals surface area contributed by atoms with Crippen molar-refractivity contribution in [3.63, 3.8) is 0 Å². The van der Waals surface area contributed by atoms with Crippen molar-refractivity contribution in [2.45, 2.75) is 13.3 Å². The molecule has 72 valence electrons. The highest BCUT2D eigenvalue weighted by Gasteiger charge is 2.10. The molecule has 1 aromatic rings. The van der Waals surface area contributed by atoms with Crippen LogP contribution in [0.2, 0.25) is 5.02 Å². The largest absolute Gasteiger partial charge is 0.207 e. The number of hydrogen-bond acceptors (Lipinski definition) is 0. The van der Waals surface area contributed by atoms with Crippen LogP contribution in [0, 0.1) is 11.7 Å². The molecule has 0 aliphatic heterocycles. The highest BCUT2D eigenvalue weighted by atomic mass is 35.5. The molecule has 0 bridgehead atoms. The maximum Gasteiger partial charge on any atom is 0.127 e. The van der Waals surface area contributed by atoms with Gasteiger partial charge in [0.25, 0.3) is 0 Å². The minimum atomic E-state index is -0.246. The quantitative estimate of drug-likeness (QED) is 0.679. The molecular formula is C10H11Cl2F. The first-order valence-corrected chi connectivity index (χ1v) is 5.05. The van der Waals surface area contributed by atoms with Gasteiger partial charge >= 0.3 is 0 Å². The molecule has 1 aromatic carbocycles. The molecule has 1 unspecified atom stereocenters. The SMILES string of the molecule is CC(CCl)Cc1c(F)cccc1Cl. The molecule has 0 aromatic heterocycles. The summed E-state index contributed by atoms with van der Waals surface area (Å²) in [5.74, 6) is 0.519. The van der Waals surface area contributed by atoms with Crippen LogP contribution in [0.15, 0.2) is 18.2 Å². The molecule has 1 atom stereocenters. The van der Waals surface area contributed by atoms with Gasteiger partial charge in [-0.1, -0.05) is 24.6 Å². The van der Waals surface area contributed by atoms with Gasteiger partial charge in [-0.3, -0.25) is 0 Å². The van der Waals surface area contributed by atoms with Gasteiger partial charge in [-0.05, 0) is 24.5 Å². The first kappa shape index (κ1) is 10.8. The number of hydrogen-bond donors (Lipinski definition) is 0. The lowest BCUT2D eigenvalue weighted by atomic mass is 10.0. The Morgan fingerprint density at radius 1 is 1.46 bits per heavy atom. The molecule has 0 fully saturated rings. The van der Waals surface area contributed by atoms with E-state index in [9.17, 15) is 4.39 Å². The third kappa shape index (κ3) is 2.85. The third-order valence-electron chi connectivity index (χ3n) is 1.88. The van der Waals surface area contributed by atoms with E-state index in [2.05, 4.69) is 0 Å². The van der Waals surface area contributed by atoms with Gasteiger partial charge in [0.15, 0.2) is 0 Å². The number of benzene rings is 1. The summed E-state index contributed by atoms with van der Waals surface area (Å²) in [6.45, 7) is 1.97. The molecule has 0 saturated carbocycles. The van der Waals surface area contributed by atoms with E-state index in [1.165, 1.54) is 6.07 Å². The predicted molar refractivity (Wildman–Crippen MR) is 55.0 cm³/mol. The maximum absolute atomic E-state index is 13.2. The minimum absolute atomic E-state index is 0.246. The smallest absolute Gasteiger partial charge is 0.127 e. The molecule has 3 heteroatoms. The van der Waals surface area contributed by atoms with Crippen molar-refractivity contribution in [1.29, 1.82) is 0 Å². The zero-order chi connectivity index (χ0) is 9.84. The first-order valence-electron chi connectivity index (χ1n) is 4.14. The van der Waals surface area contributed by atoms with Crippen molar-refractivity contribution in [3.8, 4) is 0 Å². The molecule has 13 heavy (non-hydrogen) atoms. The van der Waals surface area contributed by atoms with Crippen LogP contribution in [0.5, 0.6) is 0 Å². The summed E-state index contributed by atoms with van der Waals surface area (Å²) < 4.78 is 13.2. The van der Waals surface area contributed by atoms with Gasteiger partial charge in [0.1, 0.15) is 5.82 Å². The Morgan fingerprint density at radius 2 is 2.15 bits per heavy atom. The standard InChI is InChI=1S/C10H11Cl2F/c1-7(6-11)5-8-9(12)3-2-4-10(8)13/h2-4,7H,5-6H2,1H3. The summed E-state index contributed by atoms with van der Waals surface area (Å²) >= 11 is 11.5. The van der Waals surface area contributed by atoms with Gasteiger partial charge in [-0.25, -0.2) is 4.39 Å². The molecule has 0 N–H and O–H groups in total. The fraction of sp³-hybridized carbons (Fsp3) is 0.400. The Morgan fingerprint density at radius 3 is 2.69 bits per heavy atom. The third-order valence-corrected chi connectivity index (χ3v) is 2.76. The molecule has 0 saturated heterocycles. The van der Waals surface area contributed by atoms with Gasteiger partial charge in [0, 0.05) is 16.5 Å². The lowest BCUT2D eigenvalue weighted by Gasteiger charge is -2.09. The summed E-state index contributed by atoms with van der Waals surface area (Å²) in [6, 6.07) is 4.72. The fourth-order valence-electron chi connectivity index (χ4n) is 1.13. The van der Waals surface area contributed by atoms with E-state index < -0.39 is 0 Å². The Labute approximate surface area is 87.7 Å². The summed E-state index contributed by atoms with van der Waals surface area (Å²) in [5.41, 5.74) is 0.567. The summed E-state index contributed by atoms with van der Waals surface area (Å²) in [7, 11) is 0. The lowest BCUT2D eigenvalue weighted by molar-refractivity contribution is 0.577. The summed E-state index contributed by atoms with van der Waals surface area (Å²) in [4.78, 5) is 0. The van der Waals surface area contributed by atoms with Gasteiger partial charge in [-0.2, -0.15) is 0 Å². The molecular weight excluding hydrogens is 210 g/mol. The van der Waals surface area contributed by atoms with Crippen molar-refractivity contribution in [2.75, 3.05) is 5.88 Å². The number of alkyl halides is 1. The molecule has 0 spiro atoms. The van der Waals surface area contributed by atoms with Crippen LogP contribution < -0.4 is 0 Å². The van der Waals surface area contributed by atoms with Crippen molar-refractivity contribution < 1.29 is 4.39 Å². The molecule has 0 radical (unpaired) electrons. The van der Waals surface area contributed by atoms with Crippen LogP contribution in [0.1, 0.15) is 12.5 Å². The topological polar surface area (TPSA) is 0 Å². The maximum atomic E-state index is 13.2. The summed E-state index contributed by atoms with van der Waals surface area (Å²) in [6.07, 6.45) is 0.592. The van der Waals surface area contributed by atoms with Crippen molar-refractivity contribution in [1.82, 2.24) is 0 Å². The summed E-state index contributed by atoms with van der Waals surface area (Å²) in [5, 5.41) is 0.483. The van der Waals surface area contributed by atoms with E-state index in [1.807, 2.05) is 6.92 Å². The normalized spacial score (nSPS) is 12.9. The van der Waals surface area contributed by atoms with E-state index in [-0.39, 0.29) is 11.7 Å². The van der Waals surface area contributed by atoms with Gasteiger partial charge in [-0.15, -0.1) is 11.6 Å². The predicted octanol–water partition coefficient (Wildman–Crippen LogP) is 3.90. The second-order valence-corrected chi connectivity index (χ2v) is 3.88. The van der Waals surface area contributed by atoms with Crippen LogP contribution >= 0.6 is 23.2 Å². The molecule has 0 aliphatic carbocycles. The van der Waals surface area contributed by atoms with Gasteiger partial charge in [0.05, 0.1) is 0 Å². The zero-order valence-corrected chi connectivity index (χ0v) is 8.87. The van der Waals surface area contributed by atoms with Crippen LogP contribution in [-0.4, -0.2) is 5.88 Å². The average Bonchev–Trinajstić information content (AvgIpc) is 2.11. The molecule has 0 amide bonds. The van der Waals surface area contributed by atoms with E-state index in [4.69, 9.17) is 23.2 Å². The fourth-order valence-corrected chi connectivity index (χ4v) is 1.48. The molecule has 0 aliphatic rings. The van der Waals surface area contributed by atoms with Crippen LogP contribution in [0.4, 0.5) is 4.39 Å². The van der Waals surface area contributed by atoms with E-state index in [0.29, 0.717) is 22.9 Å². The van der Waals surface area contributed by atoms with Crippen LogP contribution in [-0.2, 0) is 6.42 Å². The van der Waals surface area contributed by atoms with Crippen LogP contribution in [0.3, 0.4) is 0 Å². The Bertz CT molecular complexity index is 266. The van der Waals surface area contributed by atoms with Crippen molar-refractivity contribution in [3.05, 3.63) is 34.6 Å². The van der Waals surface area contributed by atoms with Gasteiger partial charge < -0.3 is 0 Å². The highest BCUT2D eigenvalue weighted by molar-refractivity contribution is 6.31.